The van der Waals surface area contributed by atoms with Crippen LogP contribution < -0.4 is 5.32 Å². The Morgan fingerprint density at radius 1 is 0.491 bits per heavy atom. The second-order valence-electron chi connectivity index (χ2n) is 17.1. The highest BCUT2D eigenvalue weighted by Crippen LogP contribution is 2.16. The number of amides is 1. The minimum absolute atomic E-state index is 0.0114. The lowest BCUT2D eigenvalue weighted by Crippen LogP contribution is -2.45. The highest BCUT2D eigenvalue weighted by atomic mass is 16.5. The molecule has 6 heteroatoms. The molecule has 0 fully saturated rings. The van der Waals surface area contributed by atoms with E-state index in [4.69, 9.17) is 4.74 Å². The minimum atomic E-state index is -0.666. The molecule has 0 heterocycles. The van der Waals surface area contributed by atoms with Gasteiger partial charge < -0.3 is 20.3 Å². The topological polar surface area (TPSA) is 95.9 Å². The smallest absolute Gasteiger partial charge is 0.305 e. The predicted molar refractivity (Wildman–Crippen MR) is 246 cm³/mol. The zero-order chi connectivity index (χ0) is 41.5. The molecule has 0 aromatic carbocycles. The van der Waals surface area contributed by atoms with Crippen LogP contribution in [0, 0.1) is 0 Å². The van der Waals surface area contributed by atoms with Gasteiger partial charge >= 0.3 is 5.97 Å². The molecule has 0 aromatic rings. The fourth-order valence-electron chi connectivity index (χ4n) is 7.61. The van der Waals surface area contributed by atoms with Crippen molar-refractivity contribution in [2.75, 3.05) is 13.2 Å². The Morgan fingerprint density at radius 2 is 0.877 bits per heavy atom. The molecule has 3 N–H and O–H groups in total. The molecule has 2 unspecified atom stereocenters. The van der Waals surface area contributed by atoms with Gasteiger partial charge in [0.1, 0.15) is 0 Å². The normalized spacial score (nSPS) is 12.8. The molecular weight excluding hydrogens is 707 g/mol. The number of hydrogen-bond donors (Lipinski definition) is 3. The first-order valence-corrected chi connectivity index (χ1v) is 25.1. The standard InChI is InChI=1S/C51H97NO5/c1-3-5-7-9-11-13-14-15-18-22-25-29-33-37-41-45-51(56)57-46-42-38-34-30-26-23-20-17-16-19-21-24-28-32-36-40-44-50(55)52-48(47-53)49(54)43-39-35-31-27-12-10-8-6-4-2/h11,13,15,18,48-49,53-54H,3-10,12,14,16-17,19-47H2,1-2H3,(H,52,55)/b13-11-,18-15-. The van der Waals surface area contributed by atoms with E-state index in [1.165, 1.54) is 173 Å². The van der Waals surface area contributed by atoms with Crippen LogP contribution in [0.4, 0.5) is 0 Å². The van der Waals surface area contributed by atoms with Gasteiger partial charge in [0.05, 0.1) is 25.4 Å². The monoisotopic (exact) mass is 804 g/mol. The van der Waals surface area contributed by atoms with Crippen molar-refractivity contribution in [3.63, 3.8) is 0 Å². The van der Waals surface area contributed by atoms with Crippen molar-refractivity contribution in [1.82, 2.24) is 5.32 Å². The summed E-state index contributed by atoms with van der Waals surface area (Å²) in [4.78, 5) is 24.4. The third-order valence-corrected chi connectivity index (χ3v) is 11.5. The fourth-order valence-corrected chi connectivity index (χ4v) is 7.61. The number of nitrogens with one attached hydrogen (secondary N) is 1. The number of hydrogen-bond acceptors (Lipinski definition) is 5. The number of allylic oxidation sites excluding steroid dienone is 4. The van der Waals surface area contributed by atoms with E-state index < -0.39 is 12.1 Å². The van der Waals surface area contributed by atoms with Crippen molar-refractivity contribution in [3.05, 3.63) is 24.3 Å². The Bertz CT molecular complexity index is 889. The summed E-state index contributed by atoms with van der Waals surface area (Å²) in [5.41, 5.74) is 0. The van der Waals surface area contributed by atoms with Gasteiger partial charge in [0, 0.05) is 12.8 Å². The van der Waals surface area contributed by atoms with Gasteiger partial charge in [-0.2, -0.15) is 0 Å². The number of ether oxygens (including phenoxy) is 1. The van der Waals surface area contributed by atoms with Gasteiger partial charge in [-0.25, -0.2) is 0 Å². The number of carbonyl (C=O) groups is 2. The summed E-state index contributed by atoms with van der Waals surface area (Å²) in [7, 11) is 0. The summed E-state index contributed by atoms with van der Waals surface area (Å²) in [6.45, 7) is 4.88. The van der Waals surface area contributed by atoms with Crippen LogP contribution in [0.3, 0.4) is 0 Å². The largest absolute Gasteiger partial charge is 0.466 e. The van der Waals surface area contributed by atoms with Gasteiger partial charge in [-0.05, 0) is 57.8 Å². The molecular formula is C51H97NO5. The molecule has 57 heavy (non-hydrogen) atoms. The van der Waals surface area contributed by atoms with E-state index in [0.717, 1.165) is 57.8 Å². The SMILES string of the molecule is CCCCC/C=C\C/C=C\CCCCCCCC(=O)OCCCCCCCCCCCCCCCCCCC(=O)NC(CO)C(O)CCCCCCCCCCC. The second-order valence-corrected chi connectivity index (χ2v) is 17.1. The third kappa shape index (κ3) is 43.7. The van der Waals surface area contributed by atoms with E-state index in [1.807, 2.05) is 0 Å². The molecule has 0 saturated heterocycles. The number of rotatable bonds is 46. The van der Waals surface area contributed by atoms with E-state index >= 15 is 0 Å². The molecule has 336 valence electrons. The summed E-state index contributed by atoms with van der Waals surface area (Å²) in [5, 5.41) is 23.1. The van der Waals surface area contributed by atoms with Crippen LogP contribution in [-0.2, 0) is 14.3 Å². The van der Waals surface area contributed by atoms with Gasteiger partial charge in [-0.1, -0.05) is 218 Å². The summed E-state index contributed by atoms with van der Waals surface area (Å²) < 4.78 is 5.46. The molecule has 0 saturated carbocycles. The number of carbonyl (C=O) groups excluding carboxylic acids is 2. The summed E-state index contributed by atoms with van der Waals surface area (Å²) in [5.74, 6) is -0.0565. The van der Waals surface area contributed by atoms with Crippen molar-refractivity contribution in [2.24, 2.45) is 0 Å². The molecule has 0 spiro atoms. The minimum Gasteiger partial charge on any atom is -0.466 e. The summed E-state index contributed by atoms with van der Waals surface area (Å²) in [6, 6.07) is -0.544. The van der Waals surface area contributed by atoms with E-state index in [-0.39, 0.29) is 18.5 Å². The predicted octanol–water partition coefficient (Wildman–Crippen LogP) is 14.7. The van der Waals surface area contributed by atoms with Crippen LogP contribution in [0.25, 0.3) is 0 Å². The first-order chi connectivity index (χ1) is 28.0. The molecule has 6 nitrogen and oxygen atoms in total. The Kier molecular flexibility index (Phi) is 45.7. The van der Waals surface area contributed by atoms with Gasteiger partial charge in [0.2, 0.25) is 5.91 Å². The lowest BCUT2D eigenvalue weighted by molar-refractivity contribution is -0.143. The lowest BCUT2D eigenvalue weighted by Gasteiger charge is -2.22. The molecule has 2 atom stereocenters. The average molecular weight is 804 g/mol. The molecule has 1 amide bonds. The molecule has 0 aliphatic rings. The molecule has 0 rings (SSSR count). The number of aliphatic hydroxyl groups is 2. The van der Waals surface area contributed by atoms with Gasteiger partial charge in [0.25, 0.3) is 0 Å². The molecule has 0 radical (unpaired) electrons. The first kappa shape index (κ1) is 55.3. The van der Waals surface area contributed by atoms with Crippen LogP contribution >= 0.6 is 0 Å². The number of aliphatic hydroxyl groups excluding tert-OH is 2. The quantitative estimate of drug-likeness (QED) is 0.0324. The maximum absolute atomic E-state index is 12.4. The van der Waals surface area contributed by atoms with E-state index in [2.05, 4.69) is 43.5 Å². The number of unbranched alkanes of at least 4 members (excludes halogenated alkanes) is 31. The van der Waals surface area contributed by atoms with Crippen molar-refractivity contribution >= 4 is 11.9 Å². The zero-order valence-electron chi connectivity index (χ0n) is 38.1. The van der Waals surface area contributed by atoms with Gasteiger partial charge in [0.15, 0.2) is 0 Å². The Labute approximate surface area is 354 Å². The molecule has 0 aliphatic carbocycles. The van der Waals surface area contributed by atoms with E-state index in [9.17, 15) is 19.8 Å². The van der Waals surface area contributed by atoms with Crippen molar-refractivity contribution in [3.8, 4) is 0 Å². The van der Waals surface area contributed by atoms with Crippen molar-refractivity contribution in [1.29, 1.82) is 0 Å². The Morgan fingerprint density at radius 3 is 1.37 bits per heavy atom. The lowest BCUT2D eigenvalue weighted by atomic mass is 10.0. The molecule has 0 aromatic heterocycles. The Balaban J connectivity index is 3.41. The van der Waals surface area contributed by atoms with E-state index in [0.29, 0.717) is 25.9 Å². The van der Waals surface area contributed by atoms with Crippen molar-refractivity contribution < 1.29 is 24.5 Å². The maximum atomic E-state index is 12.4. The molecule has 0 aliphatic heterocycles. The summed E-state index contributed by atoms with van der Waals surface area (Å²) in [6.07, 6.45) is 54.3. The van der Waals surface area contributed by atoms with Crippen LogP contribution in [0.1, 0.15) is 264 Å². The third-order valence-electron chi connectivity index (χ3n) is 11.5. The average Bonchev–Trinajstić information content (AvgIpc) is 3.21. The highest BCUT2D eigenvalue weighted by Gasteiger charge is 2.20. The van der Waals surface area contributed by atoms with Crippen LogP contribution in [-0.4, -0.2) is 47.4 Å². The zero-order valence-corrected chi connectivity index (χ0v) is 38.1. The first-order valence-electron chi connectivity index (χ1n) is 25.1. The highest BCUT2D eigenvalue weighted by molar-refractivity contribution is 5.76. The maximum Gasteiger partial charge on any atom is 0.305 e. The number of esters is 1. The van der Waals surface area contributed by atoms with Crippen LogP contribution in [0.5, 0.6) is 0 Å². The van der Waals surface area contributed by atoms with E-state index in [1.54, 1.807) is 0 Å². The fraction of sp³-hybridized carbons (Fsp3) is 0.882. The Hall–Kier alpha value is -1.66. The second kappa shape index (κ2) is 47.0. The van der Waals surface area contributed by atoms with Gasteiger partial charge in [-0.3, -0.25) is 9.59 Å². The van der Waals surface area contributed by atoms with Crippen LogP contribution in [0.15, 0.2) is 24.3 Å². The van der Waals surface area contributed by atoms with Crippen LogP contribution in [0.2, 0.25) is 0 Å². The van der Waals surface area contributed by atoms with Crippen molar-refractivity contribution in [2.45, 2.75) is 276 Å². The molecule has 0 bridgehead atoms. The van der Waals surface area contributed by atoms with Gasteiger partial charge in [-0.15, -0.1) is 0 Å². The summed E-state index contributed by atoms with van der Waals surface area (Å²) >= 11 is 0.